The van der Waals surface area contributed by atoms with Crippen molar-refractivity contribution < 1.29 is 9.52 Å². The van der Waals surface area contributed by atoms with Crippen molar-refractivity contribution in [3.05, 3.63) is 23.7 Å². The van der Waals surface area contributed by atoms with Crippen LogP contribution in [0.5, 0.6) is 0 Å². The van der Waals surface area contributed by atoms with Crippen molar-refractivity contribution in [1.29, 1.82) is 0 Å². The van der Waals surface area contributed by atoms with Crippen LogP contribution in [0.3, 0.4) is 0 Å². The van der Waals surface area contributed by atoms with E-state index in [-0.39, 0.29) is 12.6 Å². The van der Waals surface area contributed by atoms with Crippen LogP contribution in [-0.2, 0) is 6.54 Å². The van der Waals surface area contributed by atoms with Gasteiger partial charge >= 0.3 is 0 Å². The molecule has 0 aliphatic carbocycles. The number of furan rings is 1. The Morgan fingerprint density at radius 3 is 2.57 bits per heavy atom. The monoisotopic (exact) mass is 197 g/mol. The van der Waals surface area contributed by atoms with Crippen molar-refractivity contribution in [1.82, 2.24) is 5.32 Å². The number of nitrogens with one attached hydrogen (secondary N) is 1. The predicted octanol–water partition coefficient (Wildman–Crippen LogP) is 1.69. The summed E-state index contributed by atoms with van der Waals surface area (Å²) in [5.74, 6) is 2.27. The first-order valence-corrected chi connectivity index (χ1v) is 5.03. The van der Waals surface area contributed by atoms with Crippen molar-refractivity contribution in [3.63, 3.8) is 0 Å². The third kappa shape index (κ3) is 3.16. The van der Waals surface area contributed by atoms with Gasteiger partial charge in [0.25, 0.3) is 0 Å². The summed E-state index contributed by atoms with van der Waals surface area (Å²) in [4.78, 5) is 0. The molecule has 1 unspecified atom stereocenters. The fourth-order valence-electron chi connectivity index (χ4n) is 1.32. The van der Waals surface area contributed by atoms with E-state index < -0.39 is 0 Å². The van der Waals surface area contributed by atoms with Gasteiger partial charge in [-0.15, -0.1) is 0 Å². The van der Waals surface area contributed by atoms with Crippen LogP contribution >= 0.6 is 0 Å². The minimum atomic E-state index is 0.139. The molecule has 14 heavy (non-hydrogen) atoms. The summed E-state index contributed by atoms with van der Waals surface area (Å²) >= 11 is 0. The zero-order valence-corrected chi connectivity index (χ0v) is 9.08. The van der Waals surface area contributed by atoms with E-state index in [0.29, 0.717) is 12.5 Å². The number of aryl methyl sites for hydroxylation is 1. The fourth-order valence-corrected chi connectivity index (χ4v) is 1.32. The van der Waals surface area contributed by atoms with Crippen LogP contribution in [0.1, 0.15) is 25.4 Å². The van der Waals surface area contributed by atoms with E-state index in [2.05, 4.69) is 19.2 Å². The highest BCUT2D eigenvalue weighted by atomic mass is 16.3. The normalized spacial score (nSPS) is 13.5. The molecule has 3 nitrogen and oxygen atoms in total. The molecule has 0 aromatic carbocycles. The molecular formula is C11H19NO2. The standard InChI is InChI=1S/C11H19NO2/c1-8(2)11(7-13)12-6-10-5-4-9(3)14-10/h4-5,8,11-13H,6-7H2,1-3H3. The summed E-state index contributed by atoms with van der Waals surface area (Å²) in [5.41, 5.74) is 0. The number of rotatable bonds is 5. The summed E-state index contributed by atoms with van der Waals surface area (Å²) < 4.78 is 5.41. The van der Waals surface area contributed by atoms with Crippen LogP contribution in [-0.4, -0.2) is 17.8 Å². The first-order valence-electron chi connectivity index (χ1n) is 5.03. The minimum Gasteiger partial charge on any atom is -0.465 e. The first kappa shape index (κ1) is 11.3. The zero-order chi connectivity index (χ0) is 10.6. The van der Waals surface area contributed by atoms with Gasteiger partial charge in [0.05, 0.1) is 13.2 Å². The highest BCUT2D eigenvalue weighted by Crippen LogP contribution is 2.07. The number of hydrogen-bond donors (Lipinski definition) is 2. The summed E-state index contributed by atoms with van der Waals surface area (Å²) in [6, 6.07) is 4.04. The van der Waals surface area contributed by atoms with E-state index in [9.17, 15) is 0 Å². The van der Waals surface area contributed by atoms with Crippen LogP contribution in [0.4, 0.5) is 0 Å². The molecule has 1 aromatic heterocycles. The van der Waals surface area contributed by atoms with Crippen LogP contribution in [0.25, 0.3) is 0 Å². The lowest BCUT2D eigenvalue weighted by Gasteiger charge is -2.18. The molecule has 1 rings (SSSR count). The van der Waals surface area contributed by atoms with Gasteiger partial charge in [0.2, 0.25) is 0 Å². The Morgan fingerprint density at radius 2 is 2.14 bits per heavy atom. The molecule has 2 N–H and O–H groups in total. The molecular weight excluding hydrogens is 178 g/mol. The van der Waals surface area contributed by atoms with Gasteiger partial charge in [-0.2, -0.15) is 0 Å². The van der Waals surface area contributed by atoms with E-state index in [0.717, 1.165) is 11.5 Å². The maximum atomic E-state index is 9.09. The smallest absolute Gasteiger partial charge is 0.117 e. The summed E-state index contributed by atoms with van der Waals surface area (Å²) in [6.07, 6.45) is 0. The van der Waals surface area contributed by atoms with Crippen LogP contribution in [0.15, 0.2) is 16.5 Å². The molecule has 1 heterocycles. The topological polar surface area (TPSA) is 45.4 Å². The summed E-state index contributed by atoms with van der Waals surface area (Å²) in [6.45, 7) is 6.94. The lowest BCUT2D eigenvalue weighted by atomic mass is 10.1. The predicted molar refractivity (Wildman–Crippen MR) is 56.0 cm³/mol. The maximum absolute atomic E-state index is 9.09. The van der Waals surface area contributed by atoms with Crippen molar-refractivity contribution in [2.75, 3.05) is 6.61 Å². The molecule has 80 valence electrons. The molecule has 1 atom stereocenters. The largest absolute Gasteiger partial charge is 0.465 e. The van der Waals surface area contributed by atoms with Gasteiger partial charge in [-0.1, -0.05) is 13.8 Å². The Balaban J connectivity index is 2.39. The first-order chi connectivity index (χ1) is 6.63. The molecule has 0 saturated heterocycles. The quantitative estimate of drug-likeness (QED) is 0.755. The minimum absolute atomic E-state index is 0.139. The van der Waals surface area contributed by atoms with Crippen molar-refractivity contribution in [3.8, 4) is 0 Å². The molecule has 0 fully saturated rings. The lowest BCUT2D eigenvalue weighted by molar-refractivity contribution is 0.207. The molecule has 0 saturated carbocycles. The molecule has 0 amide bonds. The Kier molecular flexibility index (Phi) is 4.17. The van der Waals surface area contributed by atoms with E-state index >= 15 is 0 Å². The molecule has 0 aliphatic heterocycles. The van der Waals surface area contributed by atoms with Gasteiger partial charge in [-0.05, 0) is 25.0 Å². The van der Waals surface area contributed by atoms with Crippen LogP contribution < -0.4 is 5.32 Å². The average molecular weight is 197 g/mol. The van der Waals surface area contributed by atoms with Gasteiger partial charge in [0.15, 0.2) is 0 Å². The molecule has 0 spiro atoms. The number of aliphatic hydroxyl groups excluding tert-OH is 1. The second-order valence-electron chi connectivity index (χ2n) is 3.93. The maximum Gasteiger partial charge on any atom is 0.117 e. The summed E-state index contributed by atoms with van der Waals surface area (Å²) in [7, 11) is 0. The van der Waals surface area contributed by atoms with Crippen molar-refractivity contribution in [2.45, 2.75) is 33.4 Å². The Hall–Kier alpha value is -0.800. The Labute approximate surface area is 85.1 Å². The molecule has 1 aromatic rings. The molecule has 0 radical (unpaired) electrons. The van der Waals surface area contributed by atoms with Crippen LogP contribution in [0.2, 0.25) is 0 Å². The van der Waals surface area contributed by atoms with Gasteiger partial charge in [0.1, 0.15) is 11.5 Å². The summed E-state index contributed by atoms with van der Waals surface area (Å²) in [5, 5.41) is 12.3. The Morgan fingerprint density at radius 1 is 1.43 bits per heavy atom. The third-order valence-electron chi connectivity index (χ3n) is 2.34. The van der Waals surface area contributed by atoms with Crippen molar-refractivity contribution in [2.24, 2.45) is 5.92 Å². The Bertz CT molecular complexity index is 268. The molecule has 0 bridgehead atoms. The number of hydrogen-bond acceptors (Lipinski definition) is 3. The van der Waals surface area contributed by atoms with Gasteiger partial charge in [0, 0.05) is 6.04 Å². The van der Waals surface area contributed by atoms with Crippen LogP contribution in [0, 0.1) is 12.8 Å². The third-order valence-corrected chi connectivity index (χ3v) is 2.34. The van der Waals surface area contributed by atoms with E-state index in [1.165, 1.54) is 0 Å². The van der Waals surface area contributed by atoms with Gasteiger partial charge < -0.3 is 14.8 Å². The van der Waals surface area contributed by atoms with E-state index in [1.807, 2.05) is 19.1 Å². The van der Waals surface area contributed by atoms with E-state index in [1.54, 1.807) is 0 Å². The SMILES string of the molecule is Cc1ccc(CNC(CO)C(C)C)o1. The highest BCUT2D eigenvalue weighted by molar-refractivity contribution is 5.05. The highest BCUT2D eigenvalue weighted by Gasteiger charge is 2.11. The fraction of sp³-hybridized carbons (Fsp3) is 0.636. The van der Waals surface area contributed by atoms with Gasteiger partial charge in [-0.25, -0.2) is 0 Å². The van der Waals surface area contributed by atoms with Gasteiger partial charge in [-0.3, -0.25) is 0 Å². The molecule has 0 aliphatic rings. The number of aliphatic hydroxyl groups is 1. The second-order valence-corrected chi connectivity index (χ2v) is 3.93. The lowest BCUT2D eigenvalue weighted by Crippen LogP contribution is -2.36. The van der Waals surface area contributed by atoms with E-state index in [4.69, 9.17) is 9.52 Å². The second kappa shape index (κ2) is 5.17. The zero-order valence-electron chi connectivity index (χ0n) is 9.08. The van der Waals surface area contributed by atoms with Crippen molar-refractivity contribution >= 4 is 0 Å². The average Bonchev–Trinajstić information content (AvgIpc) is 2.52. The molecule has 3 heteroatoms.